The van der Waals surface area contributed by atoms with Crippen LogP contribution in [0.3, 0.4) is 0 Å². The fourth-order valence-corrected chi connectivity index (χ4v) is 7.22. The Bertz CT molecular complexity index is 2070. The minimum absolute atomic E-state index is 0. The van der Waals surface area contributed by atoms with E-state index < -0.39 is 29.4 Å². The van der Waals surface area contributed by atoms with Crippen LogP contribution in [0.25, 0.3) is 22.5 Å². The molecule has 0 saturated carbocycles. The highest BCUT2D eigenvalue weighted by Crippen LogP contribution is 2.40. The Morgan fingerprint density at radius 3 is 1.47 bits per heavy atom. The molecule has 0 spiro atoms. The zero-order valence-corrected chi connectivity index (χ0v) is 34.7. The van der Waals surface area contributed by atoms with E-state index in [2.05, 4.69) is 35.2 Å². The highest BCUT2D eigenvalue weighted by Gasteiger charge is 2.37. The van der Waals surface area contributed by atoms with E-state index in [1.807, 2.05) is 19.6 Å². The number of carbonyl (C=O) groups is 1. The third-order valence-electron chi connectivity index (χ3n) is 10.3. The van der Waals surface area contributed by atoms with Crippen LogP contribution in [0.1, 0.15) is 37.3 Å². The monoisotopic (exact) mass is 896 g/mol. The summed E-state index contributed by atoms with van der Waals surface area (Å²) in [6.45, 7) is 9.36. The van der Waals surface area contributed by atoms with E-state index in [4.69, 9.17) is 19.9 Å². The summed E-state index contributed by atoms with van der Waals surface area (Å²) in [6, 6.07) is 4.81. The standard InChI is InChI=1S/C20H23F3N6O3.C19H23F3N6O.ClH/c1-13(30)25-17-10-15(20(21,22)23)14(12-24-17)16-11-18(28-2-6-31-7-3-28)27-19(26-16)29-4-8-32-9-5-29;20-19(21,22)14-10-16(23)24-12-13(14)15-11-17(27-6-8-29-9-7-27)26-18(25-15)28-4-2-1-3-5-28;/h10-12H,2-9H2,1H3,(H,24,25,30);10-12H,1-9H2,(H2,23,24);1H. The van der Waals surface area contributed by atoms with Gasteiger partial charge in [-0.05, 0) is 31.4 Å². The number of aromatic nitrogens is 6. The van der Waals surface area contributed by atoms with Gasteiger partial charge in [0.15, 0.2) is 0 Å². The molecule has 0 aromatic carbocycles. The average Bonchev–Trinajstić information content (AvgIpc) is 3.26. The minimum Gasteiger partial charge on any atom is -0.384 e. The molecular weight excluding hydrogens is 850 g/mol. The van der Waals surface area contributed by atoms with Crippen LogP contribution in [0.4, 0.5) is 61.5 Å². The van der Waals surface area contributed by atoms with Crippen molar-refractivity contribution in [2.75, 3.05) is 123 Å². The Balaban J connectivity index is 0.000000204. The molecule has 336 valence electrons. The summed E-state index contributed by atoms with van der Waals surface area (Å²) in [4.78, 5) is 45.3. The summed E-state index contributed by atoms with van der Waals surface area (Å²) < 4.78 is 98.9. The number of nitrogens with zero attached hydrogens (tertiary/aromatic N) is 10. The number of nitrogens with one attached hydrogen (secondary N) is 1. The second-order valence-corrected chi connectivity index (χ2v) is 14.6. The van der Waals surface area contributed by atoms with Gasteiger partial charge in [0.2, 0.25) is 17.8 Å². The molecule has 4 aromatic heterocycles. The SMILES string of the molecule is CC(=O)Nc1cc(C(F)(F)F)c(-c2cc(N3CCOCC3)nc(N3CCOCC3)n2)cn1.Cl.Nc1cc(C(F)(F)F)c(-c2cc(N3CCOCC3)nc(N3CCCCC3)n2)cn1. The van der Waals surface area contributed by atoms with Crippen LogP contribution in [0.15, 0.2) is 36.7 Å². The van der Waals surface area contributed by atoms with Crippen molar-refractivity contribution in [3.05, 3.63) is 47.8 Å². The summed E-state index contributed by atoms with van der Waals surface area (Å²) in [6.07, 6.45) is -3.86. The van der Waals surface area contributed by atoms with Gasteiger partial charge in [-0.1, -0.05) is 0 Å². The van der Waals surface area contributed by atoms with E-state index in [0.29, 0.717) is 102 Å². The first-order chi connectivity index (χ1) is 29.2. The molecule has 4 saturated heterocycles. The van der Waals surface area contributed by atoms with Gasteiger partial charge in [-0.15, -0.1) is 12.4 Å². The van der Waals surface area contributed by atoms with Crippen molar-refractivity contribution in [1.29, 1.82) is 0 Å². The third-order valence-corrected chi connectivity index (χ3v) is 10.3. The third kappa shape index (κ3) is 11.6. The number of alkyl halides is 6. The number of anilines is 6. The molecule has 16 nitrogen and oxygen atoms in total. The molecule has 0 aliphatic carbocycles. The Kier molecular flexibility index (Phi) is 15.1. The number of hydrogen-bond acceptors (Lipinski definition) is 15. The van der Waals surface area contributed by atoms with Crippen molar-refractivity contribution in [2.45, 2.75) is 38.5 Å². The Morgan fingerprint density at radius 1 is 0.597 bits per heavy atom. The Labute approximate surface area is 359 Å². The van der Waals surface area contributed by atoms with Gasteiger partial charge in [0, 0.05) is 94.9 Å². The number of pyridine rings is 2. The van der Waals surface area contributed by atoms with Crippen molar-refractivity contribution < 1.29 is 45.3 Å². The molecule has 0 unspecified atom stereocenters. The molecule has 8 rings (SSSR count). The van der Waals surface area contributed by atoms with Crippen molar-refractivity contribution in [1.82, 2.24) is 29.9 Å². The van der Waals surface area contributed by atoms with E-state index >= 15 is 0 Å². The maximum Gasteiger partial charge on any atom is 0.417 e. The number of piperidine rings is 1. The molecule has 4 aliphatic heterocycles. The van der Waals surface area contributed by atoms with Crippen LogP contribution < -0.4 is 30.7 Å². The van der Waals surface area contributed by atoms with Crippen LogP contribution in [0, 0.1) is 0 Å². The van der Waals surface area contributed by atoms with Crippen LogP contribution in [0.5, 0.6) is 0 Å². The van der Waals surface area contributed by atoms with Gasteiger partial charge in [0.25, 0.3) is 0 Å². The minimum atomic E-state index is -4.67. The number of morpholine rings is 3. The van der Waals surface area contributed by atoms with Crippen molar-refractivity contribution in [3.8, 4) is 22.5 Å². The first-order valence-electron chi connectivity index (χ1n) is 19.9. The van der Waals surface area contributed by atoms with Crippen LogP contribution in [-0.4, -0.2) is 128 Å². The molecular formula is C39H47ClF6N12O4. The van der Waals surface area contributed by atoms with Crippen LogP contribution in [0.2, 0.25) is 0 Å². The number of nitrogen functional groups attached to an aromatic ring is 1. The van der Waals surface area contributed by atoms with Gasteiger partial charge in [0.05, 0.1) is 62.2 Å². The van der Waals surface area contributed by atoms with E-state index in [-0.39, 0.29) is 46.6 Å². The van der Waals surface area contributed by atoms with E-state index in [1.54, 1.807) is 12.1 Å². The number of nitrogens with two attached hydrogens (primary N) is 1. The van der Waals surface area contributed by atoms with Gasteiger partial charge in [0.1, 0.15) is 23.3 Å². The van der Waals surface area contributed by atoms with E-state index in [1.165, 1.54) is 6.92 Å². The molecule has 62 heavy (non-hydrogen) atoms. The second kappa shape index (κ2) is 20.2. The highest BCUT2D eigenvalue weighted by molar-refractivity contribution is 5.88. The van der Waals surface area contributed by atoms with Crippen molar-refractivity contribution in [2.24, 2.45) is 0 Å². The van der Waals surface area contributed by atoms with Crippen molar-refractivity contribution >= 4 is 53.5 Å². The maximum atomic E-state index is 13.9. The number of halogens is 7. The maximum absolute atomic E-state index is 13.9. The van der Waals surface area contributed by atoms with Crippen LogP contribution >= 0.6 is 12.4 Å². The fraction of sp³-hybridized carbons (Fsp3) is 0.513. The Morgan fingerprint density at radius 2 is 1.02 bits per heavy atom. The lowest BCUT2D eigenvalue weighted by Gasteiger charge is -2.31. The average molecular weight is 897 g/mol. The first-order valence-corrected chi connectivity index (χ1v) is 19.9. The molecule has 23 heteroatoms. The smallest absolute Gasteiger partial charge is 0.384 e. The van der Waals surface area contributed by atoms with Gasteiger partial charge in [-0.2, -0.15) is 36.3 Å². The van der Waals surface area contributed by atoms with Crippen molar-refractivity contribution in [3.63, 3.8) is 0 Å². The molecule has 4 aromatic rings. The molecule has 4 aliphatic rings. The predicted octanol–water partition coefficient (Wildman–Crippen LogP) is 5.58. The summed E-state index contributed by atoms with van der Waals surface area (Å²) in [5.74, 6) is 1.05. The molecule has 0 radical (unpaired) electrons. The van der Waals surface area contributed by atoms with Crippen LogP contribution in [-0.2, 0) is 31.4 Å². The number of amides is 1. The summed E-state index contributed by atoms with van der Waals surface area (Å²) in [5, 5.41) is 2.30. The lowest BCUT2D eigenvalue weighted by molar-refractivity contribution is -0.137. The van der Waals surface area contributed by atoms with Gasteiger partial charge < -0.3 is 44.9 Å². The lowest BCUT2D eigenvalue weighted by Crippen LogP contribution is -2.39. The lowest BCUT2D eigenvalue weighted by atomic mass is 10.1. The molecule has 1 amide bonds. The zero-order chi connectivity index (χ0) is 43.1. The summed E-state index contributed by atoms with van der Waals surface area (Å²) >= 11 is 0. The largest absolute Gasteiger partial charge is 0.417 e. The van der Waals surface area contributed by atoms with Gasteiger partial charge >= 0.3 is 12.4 Å². The molecule has 4 fully saturated rings. The Hall–Kier alpha value is -5.32. The molecule has 3 N–H and O–H groups in total. The molecule has 0 bridgehead atoms. The first kappa shape index (κ1) is 46.2. The van der Waals surface area contributed by atoms with Gasteiger partial charge in [-0.3, -0.25) is 4.79 Å². The number of rotatable bonds is 7. The quantitative estimate of drug-likeness (QED) is 0.220. The highest BCUT2D eigenvalue weighted by atomic mass is 35.5. The zero-order valence-electron chi connectivity index (χ0n) is 33.8. The topological polar surface area (TPSA) is 173 Å². The number of ether oxygens (including phenoxy) is 3. The summed E-state index contributed by atoms with van der Waals surface area (Å²) in [7, 11) is 0. The number of hydrogen-bond donors (Lipinski definition) is 2. The normalized spacial score (nSPS) is 17.5. The number of carbonyl (C=O) groups excluding carboxylic acids is 1. The van der Waals surface area contributed by atoms with E-state index in [0.717, 1.165) is 56.9 Å². The second-order valence-electron chi connectivity index (χ2n) is 14.6. The molecule has 8 heterocycles. The van der Waals surface area contributed by atoms with E-state index in [9.17, 15) is 31.1 Å². The summed E-state index contributed by atoms with van der Waals surface area (Å²) in [5.41, 5.74) is 3.77. The molecule has 0 atom stereocenters. The predicted molar refractivity (Wildman–Crippen MR) is 222 cm³/mol. The van der Waals surface area contributed by atoms with Gasteiger partial charge in [-0.25, -0.2) is 19.9 Å². The fourth-order valence-electron chi connectivity index (χ4n) is 7.22.